The fraction of sp³-hybridized carbons (Fsp3) is 0.533. The monoisotopic (exact) mass is 284 g/mol. The van der Waals surface area contributed by atoms with E-state index in [1.165, 1.54) is 0 Å². The third-order valence-electron chi connectivity index (χ3n) is 2.79. The third kappa shape index (κ3) is 5.52. The molecule has 0 saturated heterocycles. The van der Waals surface area contributed by atoms with Gasteiger partial charge in [-0.1, -0.05) is 32.4 Å². The first-order chi connectivity index (χ1) is 8.80. The Morgan fingerprint density at radius 1 is 1.32 bits per heavy atom. The number of hydrogen-bond donors (Lipinski definition) is 1. The molecular formula is C15H21ClO3. The van der Waals surface area contributed by atoms with E-state index in [0.29, 0.717) is 18.1 Å². The highest BCUT2D eigenvalue weighted by atomic mass is 35.5. The van der Waals surface area contributed by atoms with E-state index in [2.05, 4.69) is 20.8 Å². The van der Waals surface area contributed by atoms with Gasteiger partial charge >= 0.3 is 5.97 Å². The molecule has 0 atom stereocenters. The van der Waals surface area contributed by atoms with Gasteiger partial charge in [-0.15, -0.1) is 0 Å². The number of carbonyl (C=O) groups is 1. The molecule has 0 aromatic heterocycles. The van der Waals surface area contributed by atoms with E-state index in [0.717, 1.165) is 17.7 Å². The number of ether oxygens (including phenoxy) is 1. The van der Waals surface area contributed by atoms with Gasteiger partial charge in [-0.25, -0.2) is 0 Å². The molecule has 3 nitrogen and oxygen atoms in total. The van der Waals surface area contributed by atoms with Crippen molar-refractivity contribution in [2.45, 2.75) is 45.4 Å². The Kier molecular flexibility index (Phi) is 5.67. The first-order valence-electron chi connectivity index (χ1n) is 6.45. The van der Waals surface area contributed by atoms with Crippen molar-refractivity contribution in [2.24, 2.45) is 0 Å². The van der Waals surface area contributed by atoms with Gasteiger partial charge in [0.15, 0.2) is 0 Å². The predicted octanol–water partition coefficient (Wildman–Crippen LogP) is 4.27. The van der Waals surface area contributed by atoms with Gasteiger partial charge in [-0.3, -0.25) is 4.79 Å². The summed E-state index contributed by atoms with van der Waals surface area (Å²) in [6, 6.07) is 5.61. The topological polar surface area (TPSA) is 46.5 Å². The fourth-order valence-corrected chi connectivity index (χ4v) is 1.95. The van der Waals surface area contributed by atoms with Crippen LogP contribution in [0.3, 0.4) is 0 Å². The van der Waals surface area contributed by atoms with Gasteiger partial charge in [0.2, 0.25) is 0 Å². The summed E-state index contributed by atoms with van der Waals surface area (Å²) in [5.74, 6) is 0.0640. The van der Waals surface area contributed by atoms with Crippen LogP contribution in [0.1, 0.15) is 45.6 Å². The second-order valence-corrected chi connectivity index (χ2v) is 6.03. The normalized spacial score (nSPS) is 11.4. The van der Waals surface area contributed by atoms with Gasteiger partial charge in [0.1, 0.15) is 5.75 Å². The first-order valence-corrected chi connectivity index (χ1v) is 6.83. The average Bonchev–Trinajstić information content (AvgIpc) is 2.28. The summed E-state index contributed by atoms with van der Waals surface area (Å²) in [5.41, 5.74) is 1.03. The summed E-state index contributed by atoms with van der Waals surface area (Å²) < 4.78 is 5.75. The number of rotatable bonds is 6. The Morgan fingerprint density at radius 3 is 2.58 bits per heavy atom. The molecule has 1 rings (SSSR count). The molecule has 1 aromatic rings. The molecule has 0 spiro atoms. The van der Waals surface area contributed by atoms with E-state index in [1.807, 2.05) is 18.2 Å². The summed E-state index contributed by atoms with van der Waals surface area (Å²) in [4.78, 5) is 10.4. The van der Waals surface area contributed by atoms with E-state index in [4.69, 9.17) is 21.4 Å². The lowest BCUT2D eigenvalue weighted by molar-refractivity contribution is -0.137. The number of benzene rings is 1. The van der Waals surface area contributed by atoms with Crippen molar-refractivity contribution in [2.75, 3.05) is 6.61 Å². The van der Waals surface area contributed by atoms with Crippen molar-refractivity contribution in [1.29, 1.82) is 0 Å². The first kappa shape index (κ1) is 15.8. The quantitative estimate of drug-likeness (QED) is 0.794. The van der Waals surface area contributed by atoms with Gasteiger partial charge in [-0.05, 0) is 36.5 Å². The maximum absolute atomic E-state index is 10.4. The number of halogens is 1. The van der Waals surface area contributed by atoms with Crippen molar-refractivity contribution < 1.29 is 14.6 Å². The van der Waals surface area contributed by atoms with Crippen LogP contribution >= 0.6 is 11.6 Å². The molecule has 0 aliphatic rings. The van der Waals surface area contributed by atoms with Crippen LogP contribution in [0.2, 0.25) is 5.02 Å². The highest BCUT2D eigenvalue weighted by Gasteiger charge is 2.19. The van der Waals surface area contributed by atoms with E-state index in [9.17, 15) is 4.79 Å². The maximum Gasteiger partial charge on any atom is 0.303 e. The lowest BCUT2D eigenvalue weighted by Crippen LogP contribution is -2.14. The van der Waals surface area contributed by atoms with Crippen LogP contribution in [0.25, 0.3) is 0 Å². The Bertz CT molecular complexity index is 436. The van der Waals surface area contributed by atoms with Gasteiger partial charge in [-0.2, -0.15) is 0 Å². The van der Waals surface area contributed by atoms with Crippen LogP contribution < -0.4 is 4.74 Å². The molecule has 19 heavy (non-hydrogen) atoms. The van der Waals surface area contributed by atoms with Gasteiger partial charge in [0, 0.05) is 17.0 Å². The maximum atomic E-state index is 10.4. The van der Waals surface area contributed by atoms with Gasteiger partial charge in [0.25, 0.3) is 0 Å². The van der Waals surface area contributed by atoms with Crippen LogP contribution in [0.4, 0.5) is 0 Å². The standard InChI is InChI=1S/C15H21ClO3/c1-15(2,3)12-10-11(16)7-8-13(12)19-9-5-4-6-14(17)18/h7-8,10H,4-6,9H2,1-3H3,(H,17,18). The minimum Gasteiger partial charge on any atom is -0.493 e. The zero-order valence-corrected chi connectivity index (χ0v) is 12.5. The highest BCUT2D eigenvalue weighted by Crippen LogP contribution is 2.33. The molecule has 106 valence electrons. The van der Waals surface area contributed by atoms with E-state index in [1.54, 1.807) is 0 Å². The molecule has 0 amide bonds. The van der Waals surface area contributed by atoms with Crippen LogP contribution in [0.15, 0.2) is 18.2 Å². The Hall–Kier alpha value is -1.22. The Morgan fingerprint density at radius 2 is 2.00 bits per heavy atom. The Labute approximate surface area is 119 Å². The van der Waals surface area contributed by atoms with Crippen LogP contribution in [-0.4, -0.2) is 17.7 Å². The summed E-state index contributed by atoms with van der Waals surface area (Å²) in [6.45, 7) is 6.85. The molecule has 0 aliphatic carbocycles. The molecule has 4 heteroatoms. The van der Waals surface area contributed by atoms with Crippen LogP contribution in [0, 0.1) is 0 Å². The summed E-state index contributed by atoms with van der Waals surface area (Å²) >= 11 is 6.02. The summed E-state index contributed by atoms with van der Waals surface area (Å²) in [6.07, 6.45) is 1.56. The zero-order valence-electron chi connectivity index (χ0n) is 11.7. The van der Waals surface area contributed by atoms with Crippen LogP contribution in [-0.2, 0) is 10.2 Å². The second-order valence-electron chi connectivity index (χ2n) is 5.59. The summed E-state index contributed by atoms with van der Waals surface area (Å²) in [7, 11) is 0. The number of carboxylic acid groups (broad SMARTS) is 1. The molecule has 0 fully saturated rings. The van der Waals surface area contributed by atoms with E-state index in [-0.39, 0.29) is 11.8 Å². The van der Waals surface area contributed by atoms with Crippen LogP contribution in [0.5, 0.6) is 5.75 Å². The molecule has 0 aliphatic heterocycles. The minimum atomic E-state index is -0.762. The van der Waals surface area contributed by atoms with Crippen molar-refractivity contribution in [3.63, 3.8) is 0 Å². The second kappa shape index (κ2) is 6.80. The lowest BCUT2D eigenvalue weighted by atomic mass is 9.86. The van der Waals surface area contributed by atoms with Gasteiger partial charge < -0.3 is 9.84 Å². The zero-order chi connectivity index (χ0) is 14.5. The van der Waals surface area contributed by atoms with E-state index < -0.39 is 5.97 Å². The third-order valence-corrected chi connectivity index (χ3v) is 3.03. The molecule has 1 N–H and O–H groups in total. The molecule has 0 heterocycles. The molecule has 0 unspecified atom stereocenters. The number of carboxylic acids is 1. The average molecular weight is 285 g/mol. The summed E-state index contributed by atoms with van der Waals surface area (Å²) in [5, 5.41) is 9.25. The van der Waals surface area contributed by atoms with Crippen molar-refractivity contribution in [1.82, 2.24) is 0 Å². The number of aliphatic carboxylic acids is 1. The van der Waals surface area contributed by atoms with Crippen molar-refractivity contribution >= 4 is 17.6 Å². The van der Waals surface area contributed by atoms with Crippen molar-refractivity contribution in [3.05, 3.63) is 28.8 Å². The minimum absolute atomic E-state index is 0.0404. The molecular weight excluding hydrogens is 264 g/mol. The predicted molar refractivity (Wildman–Crippen MR) is 77.1 cm³/mol. The molecule has 0 bridgehead atoms. The number of unbranched alkanes of at least 4 members (excludes halogenated alkanes) is 1. The SMILES string of the molecule is CC(C)(C)c1cc(Cl)ccc1OCCCCC(=O)O. The number of hydrogen-bond acceptors (Lipinski definition) is 2. The van der Waals surface area contributed by atoms with Crippen molar-refractivity contribution in [3.8, 4) is 5.75 Å². The highest BCUT2D eigenvalue weighted by molar-refractivity contribution is 6.30. The molecule has 1 aromatic carbocycles. The molecule has 0 radical (unpaired) electrons. The fourth-order valence-electron chi connectivity index (χ4n) is 1.77. The molecule has 0 saturated carbocycles. The van der Waals surface area contributed by atoms with Gasteiger partial charge in [0.05, 0.1) is 6.61 Å². The lowest BCUT2D eigenvalue weighted by Gasteiger charge is -2.23. The Balaban J connectivity index is 2.61. The van der Waals surface area contributed by atoms with E-state index >= 15 is 0 Å². The largest absolute Gasteiger partial charge is 0.493 e. The smallest absolute Gasteiger partial charge is 0.303 e.